The van der Waals surface area contributed by atoms with Crippen LogP contribution in [0.25, 0.3) is 11.5 Å². The Morgan fingerprint density at radius 1 is 1.00 bits per heavy atom. The normalized spacial score (nSPS) is 10.7. The summed E-state index contributed by atoms with van der Waals surface area (Å²) in [6, 6.07) is 17.7. The predicted molar refractivity (Wildman–Crippen MR) is 83.0 cm³/mol. The van der Waals surface area contributed by atoms with E-state index in [4.69, 9.17) is 16.0 Å². The highest BCUT2D eigenvalue weighted by Gasteiger charge is 2.06. The summed E-state index contributed by atoms with van der Waals surface area (Å²) in [4.78, 5) is 5.66. The summed E-state index contributed by atoms with van der Waals surface area (Å²) in [6.45, 7) is 0. The SMILES string of the molecule is Clc1ccc(SCc2coc(-c3ccccc3)n2)cc1. The predicted octanol–water partition coefficient (Wildman–Crippen LogP) is 5.29. The van der Waals surface area contributed by atoms with Crippen LogP contribution in [0.3, 0.4) is 0 Å². The molecule has 0 saturated carbocycles. The van der Waals surface area contributed by atoms with Gasteiger partial charge in [-0.3, -0.25) is 0 Å². The van der Waals surface area contributed by atoms with Gasteiger partial charge in [-0.15, -0.1) is 11.8 Å². The number of hydrogen-bond acceptors (Lipinski definition) is 3. The minimum Gasteiger partial charge on any atom is -0.444 e. The lowest BCUT2D eigenvalue weighted by Crippen LogP contribution is -1.82. The number of benzene rings is 2. The minimum atomic E-state index is 0.664. The monoisotopic (exact) mass is 301 g/mol. The molecule has 0 radical (unpaired) electrons. The van der Waals surface area contributed by atoms with Gasteiger partial charge in [0.15, 0.2) is 0 Å². The van der Waals surface area contributed by atoms with E-state index in [2.05, 4.69) is 4.98 Å². The second kappa shape index (κ2) is 6.16. The molecule has 20 heavy (non-hydrogen) atoms. The number of halogens is 1. The molecule has 1 heterocycles. The molecule has 3 aromatic rings. The van der Waals surface area contributed by atoms with Gasteiger partial charge >= 0.3 is 0 Å². The molecule has 2 nitrogen and oxygen atoms in total. The van der Waals surface area contributed by atoms with E-state index < -0.39 is 0 Å². The molecule has 0 unspecified atom stereocenters. The van der Waals surface area contributed by atoms with Crippen LogP contribution < -0.4 is 0 Å². The van der Waals surface area contributed by atoms with Crippen LogP contribution in [-0.4, -0.2) is 4.98 Å². The van der Waals surface area contributed by atoms with Crippen molar-refractivity contribution in [2.75, 3.05) is 0 Å². The largest absolute Gasteiger partial charge is 0.444 e. The summed E-state index contributed by atoms with van der Waals surface area (Å²) in [7, 11) is 0. The highest BCUT2D eigenvalue weighted by molar-refractivity contribution is 7.98. The number of nitrogens with zero attached hydrogens (tertiary/aromatic N) is 1. The minimum absolute atomic E-state index is 0.664. The molecule has 0 atom stereocenters. The third kappa shape index (κ3) is 3.24. The Morgan fingerprint density at radius 3 is 2.50 bits per heavy atom. The maximum Gasteiger partial charge on any atom is 0.226 e. The van der Waals surface area contributed by atoms with Gasteiger partial charge in [0.2, 0.25) is 5.89 Å². The molecule has 0 N–H and O–H groups in total. The Kier molecular flexibility index (Phi) is 4.09. The van der Waals surface area contributed by atoms with Crippen LogP contribution in [-0.2, 0) is 5.75 Å². The fraction of sp³-hybridized carbons (Fsp3) is 0.0625. The van der Waals surface area contributed by atoms with Crippen molar-refractivity contribution in [2.24, 2.45) is 0 Å². The van der Waals surface area contributed by atoms with E-state index in [1.54, 1.807) is 18.0 Å². The average molecular weight is 302 g/mol. The number of oxazole rings is 1. The Labute approximate surface area is 126 Å². The first-order valence-electron chi connectivity index (χ1n) is 6.19. The third-order valence-electron chi connectivity index (χ3n) is 2.77. The summed E-state index contributed by atoms with van der Waals surface area (Å²) in [5, 5.41) is 0.752. The molecule has 4 heteroatoms. The molecule has 100 valence electrons. The van der Waals surface area contributed by atoms with E-state index in [-0.39, 0.29) is 0 Å². The molecule has 0 aliphatic carbocycles. The lowest BCUT2D eigenvalue weighted by atomic mass is 10.2. The standard InChI is InChI=1S/C16H12ClNOS/c17-13-6-8-15(9-7-13)20-11-14-10-19-16(18-14)12-4-2-1-3-5-12/h1-10H,11H2. The van der Waals surface area contributed by atoms with Crippen molar-refractivity contribution in [1.82, 2.24) is 4.98 Å². The van der Waals surface area contributed by atoms with Crippen molar-refractivity contribution in [3.05, 3.63) is 71.6 Å². The average Bonchev–Trinajstić information content (AvgIpc) is 2.97. The van der Waals surface area contributed by atoms with Gasteiger partial charge in [0.1, 0.15) is 6.26 Å². The first-order chi connectivity index (χ1) is 9.81. The second-order valence-corrected chi connectivity index (χ2v) is 5.74. The molecule has 2 aromatic carbocycles. The van der Waals surface area contributed by atoms with Gasteiger partial charge in [-0.1, -0.05) is 29.8 Å². The highest BCUT2D eigenvalue weighted by atomic mass is 35.5. The summed E-state index contributed by atoms with van der Waals surface area (Å²) < 4.78 is 5.51. The number of aromatic nitrogens is 1. The Balaban J connectivity index is 1.67. The Bertz CT molecular complexity index is 679. The number of thioether (sulfide) groups is 1. The van der Waals surface area contributed by atoms with Crippen LogP contribution >= 0.6 is 23.4 Å². The van der Waals surface area contributed by atoms with Gasteiger partial charge in [-0.2, -0.15) is 0 Å². The molecule has 0 fully saturated rings. The highest BCUT2D eigenvalue weighted by Crippen LogP contribution is 2.25. The zero-order valence-electron chi connectivity index (χ0n) is 10.6. The first-order valence-corrected chi connectivity index (χ1v) is 7.56. The van der Waals surface area contributed by atoms with Gasteiger partial charge in [0.25, 0.3) is 0 Å². The zero-order chi connectivity index (χ0) is 13.8. The molecule has 3 rings (SSSR count). The fourth-order valence-corrected chi connectivity index (χ4v) is 2.68. The lowest BCUT2D eigenvalue weighted by molar-refractivity contribution is 0.573. The van der Waals surface area contributed by atoms with Crippen LogP contribution in [0.15, 0.2) is 70.2 Å². The van der Waals surface area contributed by atoms with Crippen molar-refractivity contribution in [2.45, 2.75) is 10.6 Å². The first kappa shape index (κ1) is 13.3. The molecular weight excluding hydrogens is 290 g/mol. The maximum atomic E-state index is 5.86. The maximum absolute atomic E-state index is 5.86. The van der Waals surface area contributed by atoms with Gasteiger partial charge in [0, 0.05) is 21.2 Å². The van der Waals surface area contributed by atoms with Crippen molar-refractivity contribution < 1.29 is 4.42 Å². The molecular formula is C16H12ClNOS. The van der Waals surface area contributed by atoms with E-state index in [9.17, 15) is 0 Å². The van der Waals surface area contributed by atoms with Crippen LogP contribution in [0.5, 0.6) is 0 Å². The fourth-order valence-electron chi connectivity index (χ4n) is 1.77. The van der Waals surface area contributed by atoms with Crippen molar-refractivity contribution in [1.29, 1.82) is 0 Å². The number of rotatable bonds is 4. The van der Waals surface area contributed by atoms with Crippen LogP contribution in [0.4, 0.5) is 0 Å². The van der Waals surface area contributed by atoms with E-state index in [0.29, 0.717) is 5.89 Å². The molecule has 0 saturated heterocycles. The van der Waals surface area contributed by atoms with Gasteiger partial charge in [0.05, 0.1) is 5.69 Å². The quantitative estimate of drug-likeness (QED) is 0.613. The van der Waals surface area contributed by atoms with Gasteiger partial charge in [-0.05, 0) is 36.4 Å². The van der Waals surface area contributed by atoms with Crippen molar-refractivity contribution >= 4 is 23.4 Å². The second-order valence-electron chi connectivity index (χ2n) is 4.25. The van der Waals surface area contributed by atoms with E-state index in [1.807, 2.05) is 54.6 Å². The van der Waals surface area contributed by atoms with E-state index >= 15 is 0 Å². The lowest BCUT2D eigenvalue weighted by Gasteiger charge is -1.98. The summed E-state index contributed by atoms with van der Waals surface area (Å²) in [5.74, 6) is 1.44. The molecule has 0 bridgehead atoms. The van der Waals surface area contributed by atoms with Crippen molar-refractivity contribution in [3.8, 4) is 11.5 Å². The zero-order valence-corrected chi connectivity index (χ0v) is 12.2. The van der Waals surface area contributed by atoms with E-state index in [1.165, 1.54) is 4.90 Å². The Hall–Kier alpha value is -1.71. The molecule has 0 aliphatic rings. The van der Waals surface area contributed by atoms with Gasteiger partial charge < -0.3 is 4.42 Å². The molecule has 1 aromatic heterocycles. The Morgan fingerprint density at radius 2 is 1.75 bits per heavy atom. The molecule has 0 spiro atoms. The van der Waals surface area contributed by atoms with Gasteiger partial charge in [-0.25, -0.2) is 4.98 Å². The van der Waals surface area contributed by atoms with Crippen LogP contribution in [0.1, 0.15) is 5.69 Å². The van der Waals surface area contributed by atoms with Crippen molar-refractivity contribution in [3.63, 3.8) is 0 Å². The summed E-state index contributed by atoms with van der Waals surface area (Å²) in [6.07, 6.45) is 1.71. The topological polar surface area (TPSA) is 26.0 Å². The number of hydrogen-bond donors (Lipinski definition) is 0. The van der Waals surface area contributed by atoms with E-state index in [0.717, 1.165) is 22.0 Å². The molecule has 0 aliphatic heterocycles. The smallest absolute Gasteiger partial charge is 0.226 e. The van der Waals surface area contributed by atoms with Crippen LogP contribution in [0.2, 0.25) is 5.02 Å². The summed E-state index contributed by atoms with van der Waals surface area (Å²) in [5.41, 5.74) is 1.93. The van der Waals surface area contributed by atoms with Crippen LogP contribution in [0, 0.1) is 0 Å². The third-order valence-corrected chi connectivity index (χ3v) is 4.07. The molecule has 0 amide bonds. The summed E-state index contributed by atoms with van der Waals surface area (Å²) >= 11 is 7.57.